The maximum atomic E-state index is 5.94. The van der Waals surface area contributed by atoms with Gasteiger partial charge in [0, 0.05) is 12.3 Å². The lowest BCUT2D eigenvalue weighted by atomic mass is 10.2. The zero-order valence-corrected chi connectivity index (χ0v) is 11.4. The molecule has 1 aliphatic heterocycles. The molecule has 0 bridgehead atoms. The molecule has 1 saturated heterocycles. The smallest absolute Gasteiger partial charge is 0.0815 e. The molecular weight excluding hydrogens is 200 g/mol. The van der Waals surface area contributed by atoms with Crippen LogP contribution < -0.4 is 0 Å². The Balaban J connectivity index is 2.25. The van der Waals surface area contributed by atoms with Crippen LogP contribution in [0.4, 0.5) is 0 Å². The lowest BCUT2D eigenvalue weighted by Crippen LogP contribution is -2.45. The van der Waals surface area contributed by atoms with Crippen LogP contribution in [0.2, 0.25) is 19.1 Å². The van der Waals surface area contributed by atoms with Crippen molar-refractivity contribution in [2.45, 2.75) is 63.4 Å². The Hall–Kier alpha value is -0.0831. The molecule has 0 aliphatic carbocycles. The second-order valence-electron chi connectivity index (χ2n) is 5.38. The van der Waals surface area contributed by atoms with Crippen LogP contribution in [0.3, 0.4) is 0 Å². The fraction of sp³-hybridized carbons (Fsp3) is 0.846. The number of ether oxygens (including phenoxy) is 1. The van der Waals surface area contributed by atoms with Crippen LogP contribution in [-0.4, -0.2) is 20.4 Å². The van der Waals surface area contributed by atoms with Crippen molar-refractivity contribution in [3.05, 3.63) is 12.7 Å². The van der Waals surface area contributed by atoms with Crippen LogP contribution in [0.25, 0.3) is 0 Å². The first-order valence-electron chi connectivity index (χ1n) is 6.39. The molecule has 2 heteroatoms. The number of rotatable bonds is 6. The van der Waals surface area contributed by atoms with E-state index >= 15 is 0 Å². The van der Waals surface area contributed by atoms with E-state index in [1.807, 2.05) is 6.08 Å². The molecule has 1 fully saturated rings. The Kier molecular flexibility index (Phi) is 5.62. The Bertz CT molecular complexity index is 183. The van der Waals surface area contributed by atoms with E-state index in [2.05, 4.69) is 19.7 Å². The third-order valence-corrected chi connectivity index (χ3v) is 7.37. The van der Waals surface area contributed by atoms with E-state index in [4.69, 9.17) is 4.74 Å². The van der Waals surface area contributed by atoms with Crippen LogP contribution in [0.15, 0.2) is 12.7 Å². The maximum Gasteiger partial charge on any atom is 0.0815 e. The van der Waals surface area contributed by atoms with Crippen LogP contribution in [0.5, 0.6) is 0 Å². The first kappa shape index (κ1) is 13.0. The minimum Gasteiger partial charge on any atom is -0.382 e. The van der Waals surface area contributed by atoms with Gasteiger partial charge in [-0.1, -0.05) is 38.1 Å². The SMILES string of the molecule is C=CCCCC[Si](C)(C)C1CCCCO1. The minimum absolute atomic E-state index is 0.634. The van der Waals surface area contributed by atoms with Gasteiger partial charge in [-0.05, 0) is 25.7 Å². The third-order valence-electron chi connectivity index (χ3n) is 3.53. The molecule has 0 aromatic carbocycles. The standard InChI is InChI=1S/C13H26OSi/c1-4-5-6-9-12-15(2,3)13-10-7-8-11-14-13/h4,13H,1,5-12H2,2-3H3. The molecule has 0 amide bonds. The predicted molar refractivity (Wildman–Crippen MR) is 69.9 cm³/mol. The van der Waals surface area contributed by atoms with Crippen molar-refractivity contribution in [3.63, 3.8) is 0 Å². The first-order valence-corrected chi connectivity index (χ1v) is 9.68. The fourth-order valence-electron chi connectivity index (χ4n) is 2.39. The molecule has 1 rings (SSSR count). The molecule has 0 radical (unpaired) electrons. The van der Waals surface area contributed by atoms with Gasteiger partial charge in [-0.25, -0.2) is 0 Å². The molecule has 0 aromatic rings. The van der Waals surface area contributed by atoms with Crippen LogP contribution >= 0.6 is 0 Å². The molecule has 0 spiro atoms. The highest BCUT2D eigenvalue weighted by molar-refractivity contribution is 6.78. The summed E-state index contributed by atoms with van der Waals surface area (Å²) in [6, 6.07) is 1.42. The van der Waals surface area contributed by atoms with Crippen molar-refractivity contribution >= 4 is 8.07 Å². The highest BCUT2D eigenvalue weighted by atomic mass is 28.3. The highest BCUT2D eigenvalue weighted by Crippen LogP contribution is 2.27. The number of hydrogen-bond donors (Lipinski definition) is 0. The molecular formula is C13H26OSi. The summed E-state index contributed by atoms with van der Waals surface area (Å²) < 4.78 is 5.94. The Morgan fingerprint density at radius 3 is 2.73 bits per heavy atom. The van der Waals surface area contributed by atoms with Crippen LogP contribution in [-0.2, 0) is 4.74 Å². The maximum absolute atomic E-state index is 5.94. The number of unbranched alkanes of at least 4 members (excludes halogenated alkanes) is 2. The zero-order valence-electron chi connectivity index (χ0n) is 10.4. The number of allylic oxidation sites excluding steroid dienone is 1. The van der Waals surface area contributed by atoms with Crippen LogP contribution in [0.1, 0.15) is 38.5 Å². The van der Waals surface area contributed by atoms with Crippen molar-refractivity contribution in [2.24, 2.45) is 0 Å². The molecule has 1 unspecified atom stereocenters. The van der Waals surface area contributed by atoms with E-state index in [0.29, 0.717) is 5.73 Å². The summed E-state index contributed by atoms with van der Waals surface area (Å²) in [6.45, 7) is 9.77. The summed E-state index contributed by atoms with van der Waals surface area (Å²) in [7, 11) is -1.11. The third kappa shape index (κ3) is 4.52. The van der Waals surface area contributed by atoms with Gasteiger partial charge in [-0.2, -0.15) is 0 Å². The first-order chi connectivity index (χ1) is 7.17. The summed E-state index contributed by atoms with van der Waals surface area (Å²) in [5.41, 5.74) is 0.634. The average Bonchev–Trinajstić information content (AvgIpc) is 2.26. The lowest BCUT2D eigenvalue weighted by molar-refractivity contribution is 0.0597. The normalized spacial score (nSPS) is 22.7. The second kappa shape index (κ2) is 6.49. The van der Waals surface area contributed by atoms with Gasteiger partial charge in [0.2, 0.25) is 0 Å². The summed E-state index contributed by atoms with van der Waals surface area (Å²) in [5, 5.41) is 0. The number of hydrogen-bond acceptors (Lipinski definition) is 1. The Morgan fingerprint density at radius 1 is 1.33 bits per heavy atom. The average molecular weight is 226 g/mol. The van der Waals surface area contributed by atoms with Gasteiger partial charge in [0.1, 0.15) is 0 Å². The monoisotopic (exact) mass is 226 g/mol. The molecule has 1 aliphatic rings. The quantitative estimate of drug-likeness (QED) is 0.375. The summed E-state index contributed by atoms with van der Waals surface area (Å²) in [6.07, 6.45) is 9.87. The van der Waals surface area contributed by atoms with Gasteiger partial charge >= 0.3 is 0 Å². The zero-order chi connectivity index (χ0) is 11.1. The Labute approximate surface area is 95.9 Å². The van der Waals surface area contributed by atoms with Gasteiger partial charge in [0.05, 0.1) is 8.07 Å². The molecule has 0 aromatic heterocycles. The molecule has 0 N–H and O–H groups in total. The van der Waals surface area contributed by atoms with Gasteiger partial charge in [-0.15, -0.1) is 6.58 Å². The van der Waals surface area contributed by atoms with Crippen molar-refractivity contribution in [1.29, 1.82) is 0 Å². The Morgan fingerprint density at radius 2 is 2.13 bits per heavy atom. The molecule has 15 heavy (non-hydrogen) atoms. The van der Waals surface area contributed by atoms with Gasteiger partial charge in [0.25, 0.3) is 0 Å². The predicted octanol–water partition coefficient (Wildman–Crippen LogP) is 4.16. The van der Waals surface area contributed by atoms with Crippen LogP contribution in [0, 0.1) is 0 Å². The summed E-state index contributed by atoms with van der Waals surface area (Å²) in [4.78, 5) is 0. The van der Waals surface area contributed by atoms with E-state index in [1.54, 1.807) is 0 Å². The molecule has 88 valence electrons. The topological polar surface area (TPSA) is 9.23 Å². The van der Waals surface area contributed by atoms with Gasteiger partial charge < -0.3 is 4.74 Å². The van der Waals surface area contributed by atoms with Gasteiger partial charge in [-0.3, -0.25) is 0 Å². The molecule has 0 saturated carbocycles. The summed E-state index contributed by atoms with van der Waals surface area (Å²) >= 11 is 0. The van der Waals surface area contributed by atoms with E-state index in [9.17, 15) is 0 Å². The summed E-state index contributed by atoms with van der Waals surface area (Å²) in [5.74, 6) is 0. The lowest BCUT2D eigenvalue weighted by Gasteiger charge is -2.35. The van der Waals surface area contributed by atoms with Gasteiger partial charge in [0.15, 0.2) is 0 Å². The van der Waals surface area contributed by atoms with Crippen molar-refractivity contribution in [3.8, 4) is 0 Å². The van der Waals surface area contributed by atoms with E-state index in [-0.39, 0.29) is 0 Å². The fourth-order valence-corrected chi connectivity index (χ4v) is 5.43. The largest absolute Gasteiger partial charge is 0.382 e. The van der Waals surface area contributed by atoms with E-state index in [0.717, 1.165) is 6.61 Å². The molecule has 1 atom stereocenters. The highest BCUT2D eigenvalue weighted by Gasteiger charge is 2.32. The molecule has 1 heterocycles. The van der Waals surface area contributed by atoms with Crippen molar-refractivity contribution < 1.29 is 4.74 Å². The minimum atomic E-state index is -1.11. The van der Waals surface area contributed by atoms with Crippen molar-refractivity contribution in [1.82, 2.24) is 0 Å². The van der Waals surface area contributed by atoms with E-state index in [1.165, 1.54) is 44.6 Å². The second-order valence-corrected chi connectivity index (χ2v) is 10.5. The molecule has 1 nitrogen and oxygen atoms in total. The van der Waals surface area contributed by atoms with E-state index < -0.39 is 8.07 Å². The van der Waals surface area contributed by atoms with Crippen molar-refractivity contribution in [2.75, 3.05) is 6.61 Å².